The van der Waals surface area contributed by atoms with Gasteiger partial charge in [-0.15, -0.1) is 0 Å². The number of piperidine rings is 1. The van der Waals surface area contributed by atoms with E-state index in [1.54, 1.807) is 0 Å². The third-order valence-electron chi connectivity index (χ3n) is 4.38. The summed E-state index contributed by atoms with van der Waals surface area (Å²) in [5, 5.41) is 11.1. The van der Waals surface area contributed by atoms with E-state index in [1.165, 1.54) is 12.0 Å². The summed E-state index contributed by atoms with van der Waals surface area (Å²) in [6.07, 6.45) is -5.15. The lowest BCUT2D eigenvalue weighted by Gasteiger charge is -2.47. The van der Waals surface area contributed by atoms with Gasteiger partial charge in [0.15, 0.2) is 11.5 Å². The molecule has 0 bridgehead atoms. The highest BCUT2D eigenvalue weighted by molar-refractivity contribution is 5.49. The van der Waals surface area contributed by atoms with E-state index in [0.29, 0.717) is 0 Å². The van der Waals surface area contributed by atoms with Gasteiger partial charge in [0, 0.05) is 30.1 Å². The minimum Gasteiger partial charge on any atom is -0.493 e. The van der Waals surface area contributed by atoms with Crippen molar-refractivity contribution < 1.29 is 33.8 Å². The molecular formula is C20H31NO3. The van der Waals surface area contributed by atoms with Gasteiger partial charge in [-0.2, -0.15) is 0 Å². The van der Waals surface area contributed by atoms with Crippen LogP contribution in [0.15, 0.2) is 12.1 Å². The van der Waals surface area contributed by atoms with Crippen LogP contribution in [0.5, 0.6) is 11.5 Å². The summed E-state index contributed by atoms with van der Waals surface area (Å²) in [4.78, 5) is 1.40. The maximum Gasteiger partial charge on any atom is 0.161 e. The number of hydrogen-bond donors (Lipinski definition) is 1. The summed E-state index contributed by atoms with van der Waals surface area (Å²) in [6, 6.07) is -2.76. The average Bonchev–Trinajstić information content (AvgIpc) is 2.72. The van der Waals surface area contributed by atoms with Gasteiger partial charge >= 0.3 is 0 Å². The third kappa shape index (κ3) is 3.40. The van der Waals surface area contributed by atoms with Crippen LogP contribution in [0.3, 0.4) is 0 Å². The molecule has 0 radical (unpaired) electrons. The molecule has 1 N–H and O–H groups in total. The topological polar surface area (TPSA) is 41.9 Å². The molecule has 0 aliphatic carbocycles. The first-order valence-electron chi connectivity index (χ1n) is 14.8. The number of benzene rings is 1. The van der Waals surface area contributed by atoms with E-state index in [0.717, 1.165) is 6.92 Å². The Hall–Kier alpha value is -1.26. The lowest BCUT2D eigenvalue weighted by Crippen LogP contribution is -2.48. The van der Waals surface area contributed by atoms with E-state index < -0.39 is 75.3 Å². The summed E-state index contributed by atoms with van der Waals surface area (Å²) in [5.41, 5.74) is -2.77. The van der Waals surface area contributed by atoms with Crippen LogP contribution in [-0.2, 0) is 6.42 Å². The molecule has 1 fully saturated rings. The first-order chi connectivity index (χ1) is 17.0. The molecule has 0 saturated carbocycles. The highest BCUT2D eigenvalue weighted by atomic mass is 16.5. The molecule has 1 saturated heterocycles. The van der Waals surface area contributed by atoms with E-state index in [1.807, 2.05) is 0 Å². The molecule has 0 amide bonds. The van der Waals surface area contributed by atoms with Crippen LogP contribution >= 0.6 is 0 Å². The van der Waals surface area contributed by atoms with Gasteiger partial charge in [0.25, 0.3) is 0 Å². The third-order valence-corrected chi connectivity index (χ3v) is 4.38. The second kappa shape index (κ2) is 6.57. The van der Waals surface area contributed by atoms with Gasteiger partial charge in [-0.1, -0.05) is 20.6 Å². The Balaban J connectivity index is 2.15. The molecule has 0 spiro atoms. The van der Waals surface area contributed by atoms with Crippen molar-refractivity contribution in [3.8, 4) is 11.5 Å². The Labute approximate surface area is 165 Å². The van der Waals surface area contributed by atoms with Gasteiger partial charge in [0.05, 0.1) is 28.5 Å². The minimum atomic E-state index is -3.27. The van der Waals surface area contributed by atoms with Crippen molar-refractivity contribution >= 4 is 0 Å². The molecule has 4 nitrogen and oxygen atoms in total. The molecule has 0 aromatic heterocycles. The quantitative estimate of drug-likeness (QED) is 0.910. The number of aliphatic hydroxyl groups is 1. The summed E-state index contributed by atoms with van der Waals surface area (Å²) < 4.78 is 124. The summed E-state index contributed by atoms with van der Waals surface area (Å²) in [7, 11) is -1.82. The molecule has 3 rings (SSSR count). The monoisotopic (exact) mass is 347 g/mol. The number of ether oxygens (including phenoxy) is 2. The van der Waals surface area contributed by atoms with Crippen LogP contribution in [0.2, 0.25) is 0 Å². The highest BCUT2D eigenvalue weighted by Crippen LogP contribution is 2.44. The van der Waals surface area contributed by atoms with Crippen molar-refractivity contribution in [2.75, 3.05) is 27.2 Å². The molecule has 2 aliphatic rings. The fourth-order valence-corrected chi connectivity index (χ4v) is 3.34. The van der Waals surface area contributed by atoms with E-state index in [4.69, 9.17) is 27.3 Å². The largest absolute Gasteiger partial charge is 0.493 e. The maximum absolute atomic E-state index is 11.1. The van der Waals surface area contributed by atoms with E-state index in [9.17, 15) is 6.48 Å². The van der Waals surface area contributed by atoms with Crippen LogP contribution in [0.25, 0.3) is 0 Å². The van der Waals surface area contributed by atoms with Gasteiger partial charge in [-0.05, 0) is 53.8 Å². The van der Waals surface area contributed by atoms with Crippen LogP contribution in [0.1, 0.15) is 69.8 Å². The molecule has 3 unspecified atom stereocenters. The van der Waals surface area contributed by atoms with E-state index in [2.05, 4.69) is 0 Å². The Morgan fingerprint density at radius 1 is 1.46 bits per heavy atom. The Bertz CT molecular complexity index is 1070. The normalized spacial score (nSPS) is 41.1. The molecular weight excluding hydrogens is 302 g/mol. The van der Waals surface area contributed by atoms with Crippen molar-refractivity contribution in [2.24, 2.45) is 11.3 Å². The van der Waals surface area contributed by atoms with Gasteiger partial charge in [0.2, 0.25) is 0 Å². The second-order valence-corrected chi connectivity index (χ2v) is 6.36. The van der Waals surface area contributed by atoms with Gasteiger partial charge in [-0.3, -0.25) is 4.90 Å². The zero-order valence-electron chi connectivity index (χ0n) is 27.7. The van der Waals surface area contributed by atoms with Gasteiger partial charge in [0.1, 0.15) is 0 Å². The second-order valence-electron chi connectivity index (χ2n) is 6.36. The van der Waals surface area contributed by atoms with Crippen molar-refractivity contribution in [1.82, 2.24) is 4.90 Å². The predicted octanol–water partition coefficient (Wildman–Crippen LogP) is 3.42. The Morgan fingerprint density at radius 2 is 2.25 bits per heavy atom. The van der Waals surface area contributed by atoms with Gasteiger partial charge < -0.3 is 14.6 Å². The van der Waals surface area contributed by atoms with E-state index in [-0.39, 0.29) is 35.9 Å². The number of rotatable bonds is 3. The molecule has 4 heteroatoms. The Kier molecular flexibility index (Phi) is 1.96. The number of fused-ring (bicyclic) bond motifs is 3. The first kappa shape index (κ1) is 7.16. The molecule has 134 valence electrons. The number of nitrogens with zero attached hydrogens (tertiary/aromatic N) is 1. The zero-order chi connectivity index (χ0) is 29.4. The fraction of sp³-hybridized carbons (Fsp3) is 0.700. The number of hydrogen-bond acceptors (Lipinski definition) is 4. The number of aliphatic hydroxyl groups excluding tert-OH is 1. The Morgan fingerprint density at radius 3 is 2.96 bits per heavy atom. The van der Waals surface area contributed by atoms with Crippen LogP contribution in [0, 0.1) is 11.3 Å². The van der Waals surface area contributed by atoms with Crippen LogP contribution < -0.4 is 9.47 Å². The summed E-state index contributed by atoms with van der Waals surface area (Å²) >= 11 is 0. The lowest BCUT2D eigenvalue weighted by molar-refractivity contribution is -0.0259. The minimum absolute atomic E-state index is 0.0436. The van der Waals surface area contributed by atoms with Crippen molar-refractivity contribution in [3.05, 3.63) is 23.2 Å². The molecule has 2 aliphatic heterocycles. The van der Waals surface area contributed by atoms with Gasteiger partial charge in [-0.25, -0.2) is 0 Å². The first-order valence-corrected chi connectivity index (χ1v) is 7.78. The standard InChI is InChI=1S/C20H31NO3/c1-20(2,3)11-14-12-21-7-6-13-8-18(23-4)19(24-5)9-15(13)16(21)10-17(14)22/h8-9,14,16-17,22H,6-7,10-12H2,1-5H3/i1D3,2D3,5D3,8D,9D,11D2,16D. The summed E-state index contributed by atoms with van der Waals surface area (Å²) in [6.45, 7) is -6.10. The van der Waals surface area contributed by atoms with Crippen molar-refractivity contribution in [2.45, 2.75) is 52.0 Å². The number of methoxy groups -OCH3 is 2. The molecule has 2 heterocycles. The van der Waals surface area contributed by atoms with Crippen LogP contribution in [0.4, 0.5) is 0 Å². The molecule has 1 aromatic carbocycles. The summed E-state index contributed by atoms with van der Waals surface area (Å²) in [5.74, 6) is -2.40. The SMILES string of the molecule is [2H]c1c2c(c([2H])c(OC([2H])([2H])[2H])c1OC)C1([2H])CC(O)C(C([2H])([2H])C(C)(C([2H])([2H])[2H])C([2H])([2H])[2H])CN1CC2. The van der Waals surface area contributed by atoms with E-state index >= 15 is 0 Å². The maximum atomic E-state index is 11.1. The van der Waals surface area contributed by atoms with Crippen LogP contribution in [-0.4, -0.2) is 43.3 Å². The fourth-order valence-electron chi connectivity index (χ4n) is 3.34. The average molecular weight is 348 g/mol. The van der Waals surface area contributed by atoms with Crippen molar-refractivity contribution in [1.29, 1.82) is 0 Å². The molecule has 24 heavy (non-hydrogen) atoms. The smallest absolute Gasteiger partial charge is 0.161 e. The molecule has 1 aromatic rings. The zero-order valence-corrected chi connectivity index (χ0v) is 13.7. The predicted molar refractivity (Wildman–Crippen MR) is 95.7 cm³/mol. The molecule has 3 atom stereocenters. The lowest BCUT2D eigenvalue weighted by atomic mass is 9.75. The highest BCUT2D eigenvalue weighted by Gasteiger charge is 2.39. The van der Waals surface area contributed by atoms with Crippen molar-refractivity contribution in [3.63, 3.8) is 0 Å².